The lowest BCUT2D eigenvalue weighted by Crippen LogP contribution is -2.12. The van der Waals surface area contributed by atoms with Crippen molar-refractivity contribution >= 4 is 11.6 Å². The highest BCUT2D eigenvalue weighted by atomic mass is 16.1. The molecule has 0 saturated carbocycles. The fraction of sp³-hybridized carbons (Fsp3) is 0.417. The number of nitrogens with one attached hydrogen (secondary N) is 1. The second-order valence-electron chi connectivity index (χ2n) is 3.56. The molecule has 2 nitrogen and oxygen atoms in total. The Kier molecular flexibility index (Phi) is 3.69. The van der Waals surface area contributed by atoms with Crippen molar-refractivity contribution in [1.29, 1.82) is 0 Å². The van der Waals surface area contributed by atoms with E-state index in [1.807, 2.05) is 39.0 Å². The van der Waals surface area contributed by atoms with Crippen LogP contribution in [-0.2, 0) is 4.79 Å². The van der Waals surface area contributed by atoms with Gasteiger partial charge in [0, 0.05) is 13.5 Å². The minimum atomic E-state index is 0. The lowest BCUT2D eigenvalue weighted by Gasteiger charge is -2.10. The molecular formula is C12H19NO. The van der Waals surface area contributed by atoms with Gasteiger partial charge in [-0.25, -0.2) is 0 Å². The van der Waals surface area contributed by atoms with Crippen LogP contribution in [0, 0.1) is 13.8 Å². The quantitative estimate of drug-likeness (QED) is 0.784. The maximum atomic E-state index is 11.4. The Labute approximate surface area is 86.8 Å². The van der Waals surface area contributed by atoms with E-state index < -0.39 is 0 Å². The van der Waals surface area contributed by atoms with Crippen LogP contribution in [0.15, 0.2) is 18.2 Å². The summed E-state index contributed by atoms with van der Waals surface area (Å²) < 4.78 is 0. The molecule has 0 aliphatic rings. The highest BCUT2D eigenvalue weighted by Crippen LogP contribution is 2.19. The van der Waals surface area contributed by atoms with Crippen LogP contribution in [0.5, 0.6) is 0 Å². The fourth-order valence-corrected chi connectivity index (χ4v) is 1.44. The van der Waals surface area contributed by atoms with E-state index in [2.05, 4.69) is 5.32 Å². The molecule has 1 amide bonds. The summed E-state index contributed by atoms with van der Waals surface area (Å²) in [6.07, 6.45) is 1.48. The fourth-order valence-electron chi connectivity index (χ4n) is 1.44. The third kappa shape index (κ3) is 2.59. The van der Waals surface area contributed by atoms with Crippen molar-refractivity contribution in [2.45, 2.75) is 33.6 Å². The number of hydrogen-bond acceptors (Lipinski definition) is 1. The van der Waals surface area contributed by atoms with Gasteiger partial charge < -0.3 is 5.32 Å². The highest BCUT2D eigenvalue weighted by molar-refractivity contribution is 5.92. The van der Waals surface area contributed by atoms with Crippen molar-refractivity contribution in [2.75, 3.05) is 5.32 Å². The molecule has 1 aromatic carbocycles. The zero-order valence-corrected chi connectivity index (χ0v) is 9.05. The van der Waals surface area contributed by atoms with E-state index in [-0.39, 0.29) is 7.33 Å². The molecule has 0 bridgehead atoms. The lowest BCUT2D eigenvalue weighted by molar-refractivity contribution is -0.116. The number of aryl methyl sites for hydroxylation is 2. The first-order valence-electron chi connectivity index (χ1n) is 5.01. The number of hydrogen-bond donors (Lipinski definition) is 1. The molecule has 78 valence electrons. The van der Waals surface area contributed by atoms with Crippen molar-refractivity contribution in [1.82, 2.24) is 0 Å². The predicted molar refractivity (Wildman–Crippen MR) is 61.6 cm³/mol. The maximum absolute atomic E-state index is 11.4. The zero-order chi connectivity index (χ0) is 10.6. The van der Waals surface area contributed by atoms with Crippen LogP contribution in [0.25, 0.3) is 0 Å². The van der Waals surface area contributed by atoms with E-state index in [9.17, 15) is 4.79 Å². The minimum absolute atomic E-state index is 0. The van der Waals surface area contributed by atoms with Crippen LogP contribution in [0.2, 0.25) is 0 Å². The van der Waals surface area contributed by atoms with Gasteiger partial charge in [-0.05, 0) is 31.4 Å². The molecule has 0 aliphatic heterocycles. The molecule has 1 aromatic rings. The molecule has 0 radical (unpaired) electrons. The van der Waals surface area contributed by atoms with Crippen LogP contribution in [0.1, 0.15) is 32.3 Å². The normalized spacial score (nSPS) is 9.93. The molecule has 0 aromatic heterocycles. The zero-order valence-electron chi connectivity index (χ0n) is 9.05. The maximum Gasteiger partial charge on any atom is 0.224 e. The first-order chi connectivity index (χ1) is 6.65. The Bertz CT molecular complexity index is 316. The summed E-state index contributed by atoms with van der Waals surface area (Å²) in [6.45, 7) is 6.02. The molecule has 0 fully saturated rings. The third-order valence-corrected chi connectivity index (χ3v) is 2.22. The average molecular weight is 193 g/mol. The van der Waals surface area contributed by atoms with E-state index in [1.165, 1.54) is 0 Å². The molecule has 1 N–H and O–H groups in total. The molecule has 2 heteroatoms. The topological polar surface area (TPSA) is 29.1 Å². The Morgan fingerprint density at radius 1 is 1.36 bits per heavy atom. The van der Waals surface area contributed by atoms with Gasteiger partial charge in [0.2, 0.25) is 5.91 Å². The van der Waals surface area contributed by atoms with Gasteiger partial charge in [0.15, 0.2) is 0 Å². The molecule has 0 spiro atoms. The summed E-state index contributed by atoms with van der Waals surface area (Å²) in [7, 11) is 0. The van der Waals surface area contributed by atoms with E-state index in [0.717, 1.165) is 23.2 Å². The molecule has 0 unspecified atom stereocenters. The van der Waals surface area contributed by atoms with Gasteiger partial charge in [0.25, 0.3) is 0 Å². The Hall–Kier alpha value is -1.31. The second-order valence-corrected chi connectivity index (χ2v) is 3.56. The highest BCUT2D eigenvalue weighted by Gasteiger charge is 2.05. The number of amides is 1. The number of anilines is 1. The van der Waals surface area contributed by atoms with E-state index in [1.54, 1.807) is 0 Å². The minimum Gasteiger partial charge on any atom is -0.326 e. The number of carbonyl (C=O) groups excluding carboxylic acids is 1. The van der Waals surface area contributed by atoms with E-state index in [4.69, 9.17) is 0 Å². The Morgan fingerprint density at radius 3 is 2.43 bits per heavy atom. The van der Waals surface area contributed by atoms with Crippen molar-refractivity contribution in [3.8, 4) is 0 Å². The molecular weight excluding hydrogens is 174 g/mol. The van der Waals surface area contributed by atoms with Crippen LogP contribution in [0.3, 0.4) is 0 Å². The summed E-state index contributed by atoms with van der Waals surface area (Å²) in [5.41, 5.74) is 3.20. The first kappa shape index (κ1) is 10.8. The molecule has 1 rings (SSSR count). The van der Waals surface area contributed by atoms with Crippen molar-refractivity contribution in [3.63, 3.8) is 0 Å². The SMILES string of the molecule is CCCC(=O)Nc1c(C)cccc1C.[HH]. The van der Waals surface area contributed by atoms with Gasteiger partial charge in [-0.2, -0.15) is 0 Å². The predicted octanol–water partition coefficient (Wildman–Crippen LogP) is 3.29. The summed E-state index contributed by atoms with van der Waals surface area (Å²) in [5, 5.41) is 2.94. The van der Waals surface area contributed by atoms with Gasteiger partial charge >= 0.3 is 0 Å². The van der Waals surface area contributed by atoms with Crippen LogP contribution in [-0.4, -0.2) is 5.91 Å². The van der Waals surface area contributed by atoms with Crippen LogP contribution >= 0.6 is 0 Å². The van der Waals surface area contributed by atoms with E-state index in [0.29, 0.717) is 6.42 Å². The summed E-state index contributed by atoms with van der Waals surface area (Å²) in [6, 6.07) is 6.02. The summed E-state index contributed by atoms with van der Waals surface area (Å²) in [4.78, 5) is 11.4. The van der Waals surface area contributed by atoms with E-state index >= 15 is 0 Å². The average Bonchev–Trinajstić information content (AvgIpc) is 2.12. The molecule has 0 aliphatic carbocycles. The first-order valence-corrected chi connectivity index (χ1v) is 5.01. The number of benzene rings is 1. The van der Waals surface area contributed by atoms with Gasteiger partial charge in [0.05, 0.1) is 0 Å². The standard InChI is InChI=1S/C12H17NO.H2/c1-4-6-11(14)13-12-9(2)7-5-8-10(12)3;/h5,7-8H,4,6H2,1-3H3,(H,13,14);1H. The van der Waals surface area contributed by atoms with Gasteiger partial charge in [-0.1, -0.05) is 25.1 Å². The second kappa shape index (κ2) is 4.80. The Balaban J connectivity index is 0.00000196. The molecule has 0 saturated heterocycles. The van der Waals surface area contributed by atoms with Crippen LogP contribution < -0.4 is 5.32 Å². The summed E-state index contributed by atoms with van der Waals surface area (Å²) >= 11 is 0. The van der Waals surface area contributed by atoms with Crippen molar-refractivity contribution in [3.05, 3.63) is 29.3 Å². The Morgan fingerprint density at radius 2 is 1.93 bits per heavy atom. The largest absolute Gasteiger partial charge is 0.326 e. The summed E-state index contributed by atoms with van der Waals surface area (Å²) in [5.74, 6) is 0.102. The molecule has 0 heterocycles. The lowest BCUT2D eigenvalue weighted by atomic mass is 10.1. The van der Waals surface area contributed by atoms with Gasteiger partial charge in [-0.15, -0.1) is 0 Å². The van der Waals surface area contributed by atoms with Gasteiger partial charge in [0.1, 0.15) is 0 Å². The monoisotopic (exact) mass is 193 g/mol. The van der Waals surface area contributed by atoms with Crippen molar-refractivity contribution < 1.29 is 6.22 Å². The number of para-hydroxylation sites is 1. The number of carbonyl (C=O) groups is 1. The smallest absolute Gasteiger partial charge is 0.224 e. The number of rotatable bonds is 3. The molecule has 14 heavy (non-hydrogen) atoms. The van der Waals surface area contributed by atoms with Crippen molar-refractivity contribution in [2.24, 2.45) is 0 Å². The van der Waals surface area contributed by atoms with Gasteiger partial charge in [-0.3, -0.25) is 4.79 Å². The molecule has 0 atom stereocenters. The third-order valence-electron chi connectivity index (χ3n) is 2.22. The van der Waals surface area contributed by atoms with Crippen LogP contribution in [0.4, 0.5) is 5.69 Å².